The molecule has 114 valence electrons. The van der Waals surface area contributed by atoms with Crippen LogP contribution in [0.1, 0.15) is 17.7 Å². The van der Waals surface area contributed by atoms with Gasteiger partial charge in [-0.15, -0.1) is 0 Å². The van der Waals surface area contributed by atoms with Crippen LogP contribution in [0.2, 0.25) is 0 Å². The second-order valence-corrected chi connectivity index (χ2v) is 5.24. The summed E-state index contributed by atoms with van der Waals surface area (Å²) in [6, 6.07) is 7.15. The van der Waals surface area contributed by atoms with Crippen LogP contribution < -0.4 is 5.32 Å². The predicted octanol–water partition coefficient (Wildman–Crippen LogP) is 3.31. The van der Waals surface area contributed by atoms with E-state index in [1.807, 2.05) is 6.07 Å². The molecule has 1 aromatic heterocycles. The van der Waals surface area contributed by atoms with Gasteiger partial charge < -0.3 is 10.1 Å². The summed E-state index contributed by atoms with van der Waals surface area (Å²) in [6.07, 6.45) is -1.13. The van der Waals surface area contributed by atoms with Crippen LogP contribution in [0.5, 0.6) is 0 Å². The molecule has 0 aliphatic heterocycles. The third-order valence-corrected chi connectivity index (χ3v) is 3.64. The number of nitrogens with one attached hydrogen (secondary N) is 1. The fourth-order valence-electron chi connectivity index (χ4n) is 1.97. The summed E-state index contributed by atoms with van der Waals surface area (Å²) < 4.78 is 33.7. The van der Waals surface area contributed by atoms with Gasteiger partial charge in [0.2, 0.25) is 0 Å². The highest BCUT2D eigenvalue weighted by Crippen LogP contribution is 2.28. The van der Waals surface area contributed by atoms with Crippen molar-refractivity contribution in [2.45, 2.75) is 13.0 Å². The van der Waals surface area contributed by atoms with E-state index in [0.29, 0.717) is 35.4 Å². The zero-order chi connectivity index (χ0) is 15.2. The van der Waals surface area contributed by atoms with Gasteiger partial charge in [-0.3, -0.25) is 0 Å². The Balaban J connectivity index is 2.27. The average molecular weight is 360 g/mol. The molecule has 2 aromatic rings. The van der Waals surface area contributed by atoms with Gasteiger partial charge in [0.1, 0.15) is 5.69 Å². The van der Waals surface area contributed by atoms with Crippen LogP contribution in [-0.2, 0) is 11.3 Å². The Bertz CT molecular complexity index is 589. The topological polar surface area (TPSA) is 39.1 Å². The lowest BCUT2D eigenvalue weighted by molar-refractivity contribution is 0.141. The lowest BCUT2D eigenvalue weighted by Crippen LogP contribution is -2.19. The quantitative estimate of drug-likeness (QED) is 0.770. The lowest BCUT2D eigenvalue weighted by Gasteiger charge is -2.11. The normalized spacial score (nSPS) is 11.3. The average Bonchev–Trinajstić information content (AvgIpc) is 2.88. The molecule has 1 aromatic carbocycles. The van der Waals surface area contributed by atoms with Crippen molar-refractivity contribution in [2.24, 2.45) is 0 Å². The summed E-state index contributed by atoms with van der Waals surface area (Å²) in [7, 11) is 1.59. The second kappa shape index (κ2) is 7.63. The van der Waals surface area contributed by atoms with Gasteiger partial charge in [-0.2, -0.15) is 5.10 Å². The molecule has 1 heterocycles. The van der Waals surface area contributed by atoms with Crippen molar-refractivity contribution < 1.29 is 13.5 Å². The first-order valence-electron chi connectivity index (χ1n) is 6.44. The van der Waals surface area contributed by atoms with E-state index in [2.05, 4.69) is 26.3 Å². The minimum atomic E-state index is -2.60. The molecule has 0 spiro atoms. The highest BCUT2D eigenvalue weighted by Gasteiger charge is 2.21. The summed E-state index contributed by atoms with van der Waals surface area (Å²) >= 11 is 3.36. The summed E-state index contributed by atoms with van der Waals surface area (Å²) in [5, 5.41) is 7.16. The molecule has 0 aliphatic rings. The zero-order valence-corrected chi connectivity index (χ0v) is 13.1. The smallest absolute Gasteiger partial charge is 0.280 e. The second-order valence-electron chi connectivity index (χ2n) is 4.39. The van der Waals surface area contributed by atoms with Crippen LogP contribution >= 0.6 is 15.9 Å². The highest BCUT2D eigenvalue weighted by atomic mass is 79.9. The van der Waals surface area contributed by atoms with Crippen molar-refractivity contribution in [1.29, 1.82) is 0 Å². The van der Waals surface area contributed by atoms with E-state index in [9.17, 15) is 8.78 Å². The number of alkyl halides is 2. The van der Waals surface area contributed by atoms with E-state index >= 15 is 0 Å². The van der Waals surface area contributed by atoms with Crippen molar-refractivity contribution in [3.63, 3.8) is 0 Å². The molecule has 0 saturated carbocycles. The van der Waals surface area contributed by atoms with Crippen LogP contribution in [0.3, 0.4) is 0 Å². The molecular formula is C14H16BrF2N3O. The fourth-order valence-corrected chi connectivity index (χ4v) is 2.43. The number of ether oxygens (including phenoxy) is 1. The van der Waals surface area contributed by atoms with Gasteiger partial charge in [0, 0.05) is 30.2 Å². The molecule has 0 saturated heterocycles. The monoisotopic (exact) mass is 359 g/mol. The summed E-state index contributed by atoms with van der Waals surface area (Å²) in [5.41, 5.74) is 0.986. The fraction of sp³-hybridized carbons (Fsp3) is 0.357. The van der Waals surface area contributed by atoms with Gasteiger partial charge in [-0.05, 0) is 28.1 Å². The summed E-state index contributed by atoms with van der Waals surface area (Å²) in [5.74, 6) is 0. The molecule has 0 fully saturated rings. The van der Waals surface area contributed by atoms with Gasteiger partial charge in [0.05, 0.1) is 18.5 Å². The zero-order valence-electron chi connectivity index (χ0n) is 11.5. The molecule has 7 heteroatoms. The minimum Gasteiger partial charge on any atom is -0.383 e. The number of benzene rings is 1. The standard InChI is InChI=1S/C14H16BrF2N3O/c1-21-7-6-18-8-10-9-19-20(13(10)14(16)17)12-5-3-2-4-11(12)15/h2-5,9,14,18H,6-8H2,1H3. The molecule has 4 nitrogen and oxygen atoms in total. The first kappa shape index (κ1) is 16.1. The van der Waals surface area contributed by atoms with Crippen molar-refractivity contribution in [3.8, 4) is 5.69 Å². The van der Waals surface area contributed by atoms with E-state index in [0.717, 1.165) is 0 Å². The molecule has 0 radical (unpaired) electrons. The van der Waals surface area contributed by atoms with E-state index < -0.39 is 6.43 Å². The van der Waals surface area contributed by atoms with Crippen molar-refractivity contribution >= 4 is 15.9 Å². The van der Waals surface area contributed by atoms with Crippen LogP contribution in [0.4, 0.5) is 8.78 Å². The number of hydrogen-bond acceptors (Lipinski definition) is 3. The number of nitrogens with zero attached hydrogens (tertiary/aromatic N) is 2. The SMILES string of the molecule is COCCNCc1cnn(-c2ccccc2Br)c1C(F)F. The Morgan fingerprint density at radius 3 is 2.81 bits per heavy atom. The van der Waals surface area contributed by atoms with Gasteiger partial charge in [-0.1, -0.05) is 12.1 Å². The van der Waals surface area contributed by atoms with Gasteiger partial charge >= 0.3 is 0 Å². The first-order chi connectivity index (χ1) is 10.1. The maximum Gasteiger partial charge on any atom is 0.280 e. The number of aromatic nitrogens is 2. The van der Waals surface area contributed by atoms with Crippen LogP contribution in [0.25, 0.3) is 5.69 Å². The minimum absolute atomic E-state index is 0.0909. The van der Waals surface area contributed by atoms with Gasteiger partial charge in [-0.25, -0.2) is 13.5 Å². The lowest BCUT2D eigenvalue weighted by atomic mass is 10.2. The Hall–Kier alpha value is -1.31. The third-order valence-electron chi connectivity index (χ3n) is 2.97. The third kappa shape index (κ3) is 3.87. The molecule has 0 aliphatic carbocycles. The van der Waals surface area contributed by atoms with Crippen LogP contribution in [0.15, 0.2) is 34.9 Å². The van der Waals surface area contributed by atoms with Gasteiger partial charge in [0.25, 0.3) is 6.43 Å². The molecule has 1 N–H and O–H groups in total. The number of halogens is 3. The van der Waals surface area contributed by atoms with E-state index in [-0.39, 0.29) is 5.69 Å². The number of methoxy groups -OCH3 is 1. The molecule has 0 unspecified atom stereocenters. The maximum atomic E-state index is 13.4. The molecule has 0 bridgehead atoms. The molecule has 21 heavy (non-hydrogen) atoms. The molecule has 0 atom stereocenters. The number of para-hydroxylation sites is 1. The molecular weight excluding hydrogens is 344 g/mol. The Kier molecular flexibility index (Phi) is 5.84. The number of hydrogen-bond donors (Lipinski definition) is 1. The Morgan fingerprint density at radius 2 is 2.14 bits per heavy atom. The number of rotatable bonds is 7. The molecule has 0 amide bonds. The molecule has 2 rings (SSSR count). The Labute approximate surface area is 130 Å². The van der Waals surface area contributed by atoms with E-state index in [1.165, 1.54) is 10.9 Å². The van der Waals surface area contributed by atoms with E-state index in [4.69, 9.17) is 4.74 Å². The largest absolute Gasteiger partial charge is 0.383 e. The van der Waals surface area contributed by atoms with E-state index in [1.54, 1.807) is 25.3 Å². The Morgan fingerprint density at radius 1 is 1.38 bits per heavy atom. The predicted molar refractivity (Wildman–Crippen MR) is 79.8 cm³/mol. The van der Waals surface area contributed by atoms with Gasteiger partial charge in [0.15, 0.2) is 0 Å². The van der Waals surface area contributed by atoms with Crippen molar-refractivity contribution in [3.05, 3.63) is 46.2 Å². The van der Waals surface area contributed by atoms with Crippen LogP contribution in [-0.4, -0.2) is 30.0 Å². The van der Waals surface area contributed by atoms with Crippen LogP contribution in [0, 0.1) is 0 Å². The summed E-state index contributed by atoms with van der Waals surface area (Å²) in [4.78, 5) is 0. The van der Waals surface area contributed by atoms with Crippen molar-refractivity contribution in [2.75, 3.05) is 20.3 Å². The first-order valence-corrected chi connectivity index (χ1v) is 7.24. The maximum absolute atomic E-state index is 13.4. The van der Waals surface area contributed by atoms with Crippen molar-refractivity contribution in [1.82, 2.24) is 15.1 Å². The highest BCUT2D eigenvalue weighted by molar-refractivity contribution is 9.10. The summed E-state index contributed by atoms with van der Waals surface area (Å²) in [6.45, 7) is 1.45.